The number of amides is 8. The molecule has 21 N–H and O–H groups in total. The topological polar surface area (TPSA) is 605 Å². The minimum atomic E-state index is -1.82. The van der Waals surface area contributed by atoms with Gasteiger partial charge < -0.3 is 152 Å². The van der Waals surface area contributed by atoms with Crippen molar-refractivity contribution in [2.45, 2.75) is 152 Å². The zero-order valence-electron chi connectivity index (χ0n) is 62.0. The quantitative estimate of drug-likeness (QED) is 0.00448. The number of carbonyl (C=O) groups excluding carboxylic acids is 15. The summed E-state index contributed by atoms with van der Waals surface area (Å²) in [6, 6.07) is 0. The summed E-state index contributed by atoms with van der Waals surface area (Å²) >= 11 is 0. The Balaban J connectivity index is -0.0000000332. The van der Waals surface area contributed by atoms with Gasteiger partial charge in [0.1, 0.15) is 11.6 Å². The molecule has 56 heteroatoms. The van der Waals surface area contributed by atoms with Crippen LogP contribution in [-0.4, -0.2) is 178 Å². The predicted molar refractivity (Wildman–Crippen MR) is 407 cm³/mol. The zero-order valence-corrected chi connectivity index (χ0v) is 83.4. The molecule has 0 aliphatic rings. The van der Waals surface area contributed by atoms with Crippen LogP contribution in [-0.2, 0) is 67.1 Å². The number of aliphatic hydroxyl groups excluding tert-OH is 1. The Morgan fingerprint density at radius 2 is 0.874 bits per heavy atom. The number of ketones is 7. The maximum Gasteiger partial charge on any atom is 1.00 e. The molecule has 0 rings (SSSR count). The van der Waals surface area contributed by atoms with Gasteiger partial charge in [0.05, 0.1) is 25.1 Å². The molecule has 0 bridgehead atoms. The Bertz CT molecular complexity index is 2240. The van der Waals surface area contributed by atoms with Gasteiger partial charge in [0.15, 0.2) is 5.78 Å². The molecule has 0 aliphatic carbocycles. The van der Waals surface area contributed by atoms with E-state index in [1.165, 1.54) is 27.7 Å². The van der Waals surface area contributed by atoms with Crippen molar-refractivity contribution in [1.29, 1.82) is 5.41 Å². The number of hydrogen-bond donors (Lipinski definition) is 12. The number of Topliss-reactive ketones (excluding diaryl/α,β-unsaturated/α-hetero) is 6. The van der Waals surface area contributed by atoms with E-state index in [9.17, 15) is 82.4 Å². The van der Waals surface area contributed by atoms with Crippen LogP contribution in [0.1, 0.15) is 141 Å². The smallest absolute Gasteiger partial charge is 1.00 e. The van der Waals surface area contributed by atoms with Gasteiger partial charge in [-0.2, -0.15) is 4.99 Å². The number of carbonyl (C=O) groups is 14. The van der Waals surface area contributed by atoms with E-state index < -0.39 is 35.1 Å². The van der Waals surface area contributed by atoms with Crippen LogP contribution < -0.4 is 228 Å². The first-order valence-electron chi connectivity index (χ1n) is 26.2. The number of rotatable bonds is 31. The minimum Gasteiger partial charge on any atom is -1.00 e. The number of hydrogen-bond acceptors (Lipinski definition) is 20. The summed E-state index contributed by atoms with van der Waals surface area (Å²) in [5.41, 5.74) is 1.81. The van der Waals surface area contributed by atoms with Crippen LogP contribution in [0.4, 0.5) is 0 Å². The van der Waals surface area contributed by atoms with E-state index >= 15 is 0 Å². The van der Waals surface area contributed by atoms with Crippen LogP contribution in [0.5, 0.6) is 0 Å². The molecule has 0 radical (unpaired) electrons. The number of halogens is 4. The fourth-order valence-electron chi connectivity index (χ4n) is 3.67. The normalized spacial score (nSPS) is 10.5. The molecular weight excluding hydrogens is 1850 g/mol. The Hall–Kier alpha value is 3.77. The van der Waals surface area contributed by atoms with Crippen LogP contribution in [0.2, 0.25) is 0 Å². The van der Waals surface area contributed by atoms with Crippen molar-refractivity contribution < 1.29 is 300 Å². The van der Waals surface area contributed by atoms with Crippen molar-refractivity contribution in [3.05, 3.63) is 12.2 Å². The molecular formula is C47H107Br4Li6N9O23P14+2. The van der Waals surface area contributed by atoms with Gasteiger partial charge in [0.2, 0.25) is 58.3 Å². The fourth-order valence-corrected chi connectivity index (χ4v) is 9.70. The summed E-state index contributed by atoms with van der Waals surface area (Å²) in [6.07, 6.45) is 4.20. The summed E-state index contributed by atoms with van der Waals surface area (Å²) in [6.45, 7) is 22.0. The third-order valence-corrected chi connectivity index (χ3v) is 15.6. The van der Waals surface area contributed by atoms with E-state index in [4.69, 9.17) is 15.3 Å². The van der Waals surface area contributed by atoms with Gasteiger partial charge in [-0.25, -0.2) is 4.79 Å². The van der Waals surface area contributed by atoms with E-state index in [0.717, 1.165) is 0 Å². The fraction of sp³-hybridized carbons (Fsp3) is 0.596. The molecule has 0 aromatic rings. The number of nitrogens with one attached hydrogen (secondary N) is 8. The second-order valence-corrected chi connectivity index (χ2v) is 28.3. The average Bonchev–Trinajstić information content (AvgIpc) is 0.918. The molecule has 103 heavy (non-hydrogen) atoms. The van der Waals surface area contributed by atoms with Crippen LogP contribution in [0.3, 0.4) is 0 Å². The third-order valence-electron chi connectivity index (χ3n) is 8.96. The van der Waals surface area contributed by atoms with Gasteiger partial charge in [-0.1, -0.05) is 116 Å². The predicted octanol–water partition coefficient (Wildman–Crippen LogP) is -31.0. The number of aliphatic hydroxyl groups is 3. The first-order chi connectivity index (χ1) is 41.1. The van der Waals surface area contributed by atoms with Gasteiger partial charge in [0, 0.05) is 83.6 Å². The van der Waals surface area contributed by atoms with Crippen molar-refractivity contribution in [2.75, 3.05) is 25.1 Å². The van der Waals surface area contributed by atoms with E-state index in [1.54, 1.807) is 55.4 Å². The van der Waals surface area contributed by atoms with Gasteiger partial charge in [-0.3, -0.25) is 67.1 Å². The standard InChI is InChI=1S/C7H15NO3P2.2C7H13NO2P2.2C6H14N2O3P2.2C4H8O2P2.2C3H7NO.4BrH.6Li.4H2O/c1-2-6(10)3-5(4-9)7(11)8-13-12;1-3-7(10)8-5(2)6(9)4-12-11;1-3-6(9)4-5(2)7(10)8-12-11;2*1-3-4(9)7-6(2,11)5(10)8-13-12;2*1-3(5)4(6)2-8-7;2*1-2-3(4)5;;;;;;;;;;;;;;/h5,9,13H,2-4,12H2,1H3,(H,8,11);12H,3-4,11H2,1-2H3;12H,2-4,11H2,1H3,(H,8,10);2*11,13H,3,12H2,1-2H3,(H,7,9)(H,8,10);2*8H,2,7H2,1H3;2*2H2,1H3,(H2,4,5);4*1H;;;;;;;4*1H2/q;;;;;;;;;;;;;6*+1;;;;/p-4. The first kappa shape index (κ1) is 170. The molecule has 0 aromatic carbocycles. The molecule has 0 aromatic heterocycles. The Kier molecular flexibility index (Phi) is 193. The molecule has 0 spiro atoms. The SMILES string of the molecule is C=C(CC(=O)CC)C(=O)NPP.CC(=O)C(=O)CPP.CC(=O)C(=[OH+])CPP.CCC(=N)[O-].CCC(=O)CC(CO)C(=O)NPP.CCC(=O)NC(C)(O)C(=O)NPP.CCC(=O)NC(C)(O)C(=O)NPP.CCC(=O)[NH+]=C(C)C(=O)CPP.CCC(N)=O.O.O.O.[Br-].[Br-].[Br-].[Br-].[Li+].[Li+].[Li+].[Li+].[Li+].[Li+].[OH-]. The Morgan fingerprint density at radius 1 is 0.553 bits per heavy atom. The molecule has 17 unspecified atom stereocenters. The largest absolute Gasteiger partial charge is 1.00 e. The molecule has 0 heterocycles. The van der Waals surface area contributed by atoms with E-state index in [-0.39, 0.29) is 345 Å². The molecule has 0 aliphatic heterocycles. The minimum absolute atomic E-state index is 0. The molecule has 580 valence electrons. The maximum atomic E-state index is 11.2. The van der Waals surface area contributed by atoms with Crippen molar-refractivity contribution in [3.8, 4) is 0 Å². The van der Waals surface area contributed by atoms with Crippen molar-refractivity contribution >= 4 is 220 Å². The van der Waals surface area contributed by atoms with Crippen molar-refractivity contribution in [2.24, 2.45) is 11.7 Å². The van der Waals surface area contributed by atoms with Gasteiger partial charge in [0.25, 0.3) is 17.6 Å². The molecule has 0 saturated carbocycles. The van der Waals surface area contributed by atoms with Crippen LogP contribution in [0, 0.1) is 11.3 Å². The average molecular weight is 1960 g/mol. The van der Waals surface area contributed by atoms with Gasteiger partial charge in [-0.15, -0.1) is 26.8 Å². The van der Waals surface area contributed by atoms with Crippen molar-refractivity contribution in [3.63, 3.8) is 0 Å². The molecule has 0 saturated heterocycles. The van der Waals surface area contributed by atoms with Gasteiger partial charge in [-0.05, 0) is 59.8 Å². The molecule has 32 nitrogen and oxygen atoms in total. The summed E-state index contributed by atoms with van der Waals surface area (Å²) in [4.78, 5) is 162. The maximum absolute atomic E-state index is 11.2. The molecule has 8 amide bonds. The number of nitrogens with two attached hydrogens (primary N) is 1. The molecule has 17 atom stereocenters. The van der Waals surface area contributed by atoms with E-state index in [1.807, 2.05) is 0 Å². The summed E-state index contributed by atoms with van der Waals surface area (Å²) in [7, 11) is 19.1. The van der Waals surface area contributed by atoms with E-state index in [2.05, 4.69) is 111 Å². The second kappa shape index (κ2) is 117. The van der Waals surface area contributed by atoms with Crippen molar-refractivity contribution in [1.82, 2.24) is 31.0 Å². The zero-order chi connectivity index (χ0) is 72.1. The second-order valence-electron chi connectivity index (χ2n) is 16.7. The van der Waals surface area contributed by atoms with Gasteiger partial charge >= 0.3 is 125 Å². The third kappa shape index (κ3) is 127. The molecule has 0 fully saturated rings. The van der Waals surface area contributed by atoms with Crippen LogP contribution >= 0.6 is 121 Å². The van der Waals surface area contributed by atoms with E-state index in [0.29, 0.717) is 86.7 Å². The van der Waals surface area contributed by atoms with Crippen LogP contribution in [0.15, 0.2) is 12.2 Å². The summed E-state index contributed by atoms with van der Waals surface area (Å²) < 4.78 is 0. The van der Waals surface area contributed by atoms with Crippen LogP contribution in [0.25, 0.3) is 0 Å². The summed E-state index contributed by atoms with van der Waals surface area (Å²) in [5, 5.41) is 57.8. The Labute approximate surface area is 750 Å². The number of primary amides is 1. The monoisotopic (exact) mass is 1960 g/mol. The Morgan fingerprint density at radius 3 is 1.09 bits per heavy atom. The summed E-state index contributed by atoms with van der Waals surface area (Å²) in [5.74, 6) is -4.64. The first-order valence-corrected chi connectivity index (χ1v) is 46.5.